The zero-order valence-electron chi connectivity index (χ0n) is 15.2. The van der Waals surface area contributed by atoms with Crippen molar-refractivity contribution in [1.29, 1.82) is 0 Å². The van der Waals surface area contributed by atoms with Crippen molar-refractivity contribution < 1.29 is 19.4 Å². The Morgan fingerprint density at radius 1 is 1.18 bits per heavy atom. The van der Waals surface area contributed by atoms with E-state index < -0.39 is 22.9 Å². The van der Waals surface area contributed by atoms with Crippen molar-refractivity contribution in [2.24, 2.45) is 0 Å². The molecule has 0 aliphatic rings. The Morgan fingerprint density at radius 2 is 1.89 bits per heavy atom. The smallest absolute Gasteiger partial charge is 0.379 e. The lowest BCUT2D eigenvalue weighted by molar-refractivity contribution is -0.151. The van der Waals surface area contributed by atoms with E-state index in [1.807, 2.05) is 18.2 Å². The van der Waals surface area contributed by atoms with Gasteiger partial charge >= 0.3 is 5.97 Å². The summed E-state index contributed by atoms with van der Waals surface area (Å²) in [7, 11) is 0. The van der Waals surface area contributed by atoms with Gasteiger partial charge in [0.15, 0.2) is 5.43 Å². The molecule has 28 heavy (non-hydrogen) atoms. The zero-order valence-corrected chi connectivity index (χ0v) is 15.2. The van der Waals surface area contributed by atoms with Gasteiger partial charge in [0.1, 0.15) is 5.76 Å². The maximum atomic E-state index is 12.8. The van der Waals surface area contributed by atoms with Crippen LogP contribution in [0.4, 0.5) is 0 Å². The second-order valence-electron chi connectivity index (χ2n) is 5.99. The van der Waals surface area contributed by atoms with Crippen LogP contribution >= 0.6 is 0 Å². The predicted octanol–water partition coefficient (Wildman–Crippen LogP) is 2.48. The van der Waals surface area contributed by atoms with E-state index in [4.69, 9.17) is 0 Å². The minimum absolute atomic E-state index is 0.0356. The normalized spacial score (nSPS) is 11.4. The summed E-state index contributed by atoms with van der Waals surface area (Å²) in [5, 5.41) is 10.7. The average molecular weight is 378 g/mol. The van der Waals surface area contributed by atoms with E-state index in [9.17, 15) is 19.5 Å². The van der Waals surface area contributed by atoms with Crippen LogP contribution in [0.15, 0.2) is 65.9 Å². The quantitative estimate of drug-likeness (QED) is 0.306. The maximum Gasteiger partial charge on any atom is 0.379 e. The van der Waals surface area contributed by atoms with Gasteiger partial charge in [-0.05, 0) is 36.8 Å². The first kappa shape index (κ1) is 19.0. The molecule has 0 bridgehead atoms. The summed E-state index contributed by atoms with van der Waals surface area (Å²) in [5.74, 6) is -2.71. The summed E-state index contributed by atoms with van der Waals surface area (Å²) in [4.78, 5) is 40.1. The highest BCUT2D eigenvalue weighted by Gasteiger charge is 2.17. The van der Waals surface area contributed by atoms with Crippen LogP contribution < -0.4 is 5.43 Å². The van der Waals surface area contributed by atoms with Gasteiger partial charge in [0.25, 0.3) is 5.78 Å². The van der Waals surface area contributed by atoms with Crippen molar-refractivity contribution in [3.05, 3.63) is 82.4 Å². The molecule has 1 aromatic carbocycles. The molecule has 2 heterocycles. The van der Waals surface area contributed by atoms with Gasteiger partial charge in [0.05, 0.1) is 17.7 Å². The molecule has 0 amide bonds. The van der Waals surface area contributed by atoms with Gasteiger partial charge in [-0.15, -0.1) is 0 Å². The number of benzene rings is 1. The Balaban J connectivity index is 2.10. The van der Waals surface area contributed by atoms with Gasteiger partial charge in [0.2, 0.25) is 0 Å². The molecule has 0 saturated heterocycles. The lowest BCUT2D eigenvalue weighted by atomic mass is 10.1. The fourth-order valence-corrected chi connectivity index (χ4v) is 2.81. The molecular formula is C21H18N2O5. The topological polar surface area (TPSA) is 98.5 Å². The first-order valence-electron chi connectivity index (χ1n) is 8.64. The molecule has 2 aromatic heterocycles. The SMILES string of the molecule is CCOC(=O)C(=O)C=C(O)c1cn(Cc2ccncc2)c2ccccc2c1=O. The number of fused-ring (bicyclic) bond motifs is 1. The molecule has 0 saturated carbocycles. The highest BCUT2D eigenvalue weighted by atomic mass is 16.5. The molecule has 0 radical (unpaired) electrons. The predicted molar refractivity (Wildman–Crippen MR) is 104 cm³/mol. The Bertz CT molecular complexity index is 1120. The van der Waals surface area contributed by atoms with Gasteiger partial charge in [-0.2, -0.15) is 0 Å². The summed E-state index contributed by atoms with van der Waals surface area (Å²) < 4.78 is 6.40. The van der Waals surface area contributed by atoms with Crippen LogP contribution in [-0.2, 0) is 20.9 Å². The standard InChI is InChI=1S/C21H18N2O5/c1-2-28-21(27)19(25)11-18(24)16-13-23(12-14-7-9-22-10-8-14)17-6-4-3-5-15(17)20(16)26/h3-11,13,24H,2,12H2,1H3. The molecule has 0 fully saturated rings. The number of aliphatic hydroxyl groups excluding tert-OH is 1. The number of nitrogens with zero attached hydrogens (tertiary/aromatic N) is 2. The zero-order chi connectivity index (χ0) is 20.1. The van der Waals surface area contributed by atoms with Gasteiger partial charge in [0, 0.05) is 36.6 Å². The number of hydrogen-bond acceptors (Lipinski definition) is 6. The molecule has 0 spiro atoms. The third-order valence-electron chi connectivity index (χ3n) is 4.11. The lowest BCUT2D eigenvalue weighted by Gasteiger charge is -2.13. The number of rotatable bonds is 6. The number of carbonyl (C=O) groups is 2. The third kappa shape index (κ3) is 3.98. The van der Waals surface area contributed by atoms with E-state index in [-0.39, 0.29) is 12.2 Å². The van der Waals surface area contributed by atoms with Gasteiger partial charge in [-0.3, -0.25) is 14.6 Å². The van der Waals surface area contributed by atoms with Gasteiger partial charge in [-0.1, -0.05) is 12.1 Å². The average Bonchev–Trinajstić information content (AvgIpc) is 2.71. The number of carbonyl (C=O) groups excluding carboxylic acids is 2. The van der Waals surface area contributed by atoms with Gasteiger partial charge in [-0.25, -0.2) is 4.79 Å². The molecule has 3 rings (SSSR count). The van der Waals surface area contributed by atoms with Crippen LogP contribution in [0.25, 0.3) is 16.7 Å². The molecule has 142 valence electrons. The molecular weight excluding hydrogens is 360 g/mol. The Kier molecular flexibility index (Phi) is 5.64. The number of pyridine rings is 2. The molecule has 0 aliphatic carbocycles. The molecule has 7 nitrogen and oxygen atoms in total. The molecule has 1 N–H and O–H groups in total. The molecule has 0 unspecified atom stereocenters. The van der Waals surface area contributed by atoms with E-state index >= 15 is 0 Å². The largest absolute Gasteiger partial charge is 0.507 e. The van der Waals surface area contributed by atoms with E-state index in [2.05, 4.69) is 9.72 Å². The van der Waals surface area contributed by atoms with Crippen LogP contribution in [0.3, 0.4) is 0 Å². The van der Waals surface area contributed by atoms with Crippen LogP contribution in [0.5, 0.6) is 0 Å². The summed E-state index contributed by atoms with van der Waals surface area (Å²) in [6.07, 6.45) is 5.50. The highest BCUT2D eigenvalue weighted by Crippen LogP contribution is 2.17. The Morgan fingerprint density at radius 3 is 2.61 bits per heavy atom. The molecule has 3 aromatic rings. The van der Waals surface area contributed by atoms with Crippen LogP contribution in [-0.4, -0.2) is 33.0 Å². The summed E-state index contributed by atoms with van der Waals surface area (Å²) in [6.45, 7) is 2.03. The van der Waals surface area contributed by atoms with Crippen LogP contribution in [0.1, 0.15) is 18.1 Å². The second-order valence-corrected chi connectivity index (χ2v) is 5.99. The Labute approximate surface area is 160 Å². The Hall–Kier alpha value is -3.74. The van der Waals surface area contributed by atoms with Gasteiger partial charge < -0.3 is 14.4 Å². The number of hydrogen-bond donors (Lipinski definition) is 1. The van der Waals surface area contributed by atoms with Crippen LogP contribution in [0, 0.1) is 0 Å². The summed E-state index contributed by atoms with van der Waals surface area (Å²) in [6, 6.07) is 10.6. The second kappa shape index (κ2) is 8.30. The van der Waals surface area contributed by atoms with E-state index in [1.165, 1.54) is 6.20 Å². The fraction of sp³-hybridized carbons (Fsp3) is 0.143. The number of ketones is 1. The minimum Gasteiger partial charge on any atom is -0.507 e. The monoisotopic (exact) mass is 378 g/mol. The van der Waals surface area contributed by atoms with Crippen molar-refractivity contribution in [2.75, 3.05) is 6.61 Å². The first-order valence-corrected chi connectivity index (χ1v) is 8.64. The molecule has 0 aliphatic heterocycles. The van der Waals surface area contributed by atoms with E-state index in [1.54, 1.807) is 42.1 Å². The van der Waals surface area contributed by atoms with Crippen molar-refractivity contribution in [3.63, 3.8) is 0 Å². The lowest BCUT2D eigenvalue weighted by Crippen LogP contribution is -2.18. The number of ether oxygens (including phenoxy) is 1. The minimum atomic E-state index is -1.09. The van der Waals surface area contributed by atoms with E-state index in [0.717, 1.165) is 5.56 Å². The van der Waals surface area contributed by atoms with Crippen molar-refractivity contribution >= 4 is 28.4 Å². The molecule has 7 heteroatoms. The number of aromatic nitrogens is 2. The fourth-order valence-electron chi connectivity index (χ4n) is 2.81. The van der Waals surface area contributed by atoms with Crippen LogP contribution in [0.2, 0.25) is 0 Å². The maximum absolute atomic E-state index is 12.8. The number of esters is 1. The number of aliphatic hydroxyl groups is 1. The van der Waals surface area contributed by atoms with Crippen molar-refractivity contribution in [2.45, 2.75) is 13.5 Å². The van der Waals surface area contributed by atoms with Crippen molar-refractivity contribution in [1.82, 2.24) is 9.55 Å². The first-order chi connectivity index (χ1) is 13.5. The number of para-hydroxylation sites is 1. The summed E-state index contributed by atoms with van der Waals surface area (Å²) >= 11 is 0. The molecule has 0 atom stereocenters. The highest BCUT2D eigenvalue weighted by molar-refractivity contribution is 6.39. The summed E-state index contributed by atoms with van der Waals surface area (Å²) in [5.41, 5.74) is 1.11. The van der Waals surface area contributed by atoms with Crippen molar-refractivity contribution in [3.8, 4) is 0 Å². The third-order valence-corrected chi connectivity index (χ3v) is 4.11. The van der Waals surface area contributed by atoms with E-state index in [0.29, 0.717) is 23.5 Å².